The molecule has 0 aliphatic carbocycles. The lowest BCUT2D eigenvalue weighted by Gasteiger charge is -2.18. The van der Waals surface area contributed by atoms with E-state index in [9.17, 15) is 18.0 Å². The van der Waals surface area contributed by atoms with Crippen molar-refractivity contribution in [1.29, 1.82) is 0 Å². The van der Waals surface area contributed by atoms with E-state index in [2.05, 4.69) is 5.32 Å². The molecule has 1 rings (SSSR count). The molecule has 0 spiro atoms. The van der Waals surface area contributed by atoms with Crippen molar-refractivity contribution in [2.45, 2.75) is 12.1 Å². The van der Waals surface area contributed by atoms with Gasteiger partial charge in [0.25, 0.3) is 0 Å². The molecule has 6 nitrogen and oxygen atoms in total. The predicted octanol–water partition coefficient (Wildman–Crippen LogP) is -0.711. The van der Waals surface area contributed by atoms with Crippen molar-refractivity contribution in [2.24, 2.45) is 0 Å². The molecular weight excluding hydrogens is 293 g/mol. The summed E-state index contributed by atoms with van der Waals surface area (Å²) in [6.45, 7) is 0. The van der Waals surface area contributed by atoms with E-state index in [1.165, 1.54) is 0 Å². The van der Waals surface area contributed by atoms with Crippen LogP contribution >= 0.6 is 23.2 Å². The maximum absolute atomic E-state index is 11.4. The van der Waals surface area contributed by atoms with Gasteiger partial charge in [0.2, 0.25) is 5.91 Å². The Morgan fingerprint density at radius 1 is 1.24 bits per heavy atom. The topological polar surface area (TPSA) is 89.5 Å². The normalized spacial score (nSPS) is 26.5. The second kappa shape index (κ2) is 5.88. The van der Waals surface area contributed by atoms with E-state index < -0.39 is 33.9 Å². The Labute approximate surface area is 109 Å². The van der Waals surface area contributed by atoms with Gasteiger partial charge in [0.15, 0.2) is 9.84 Å². The lowest BCUT2D eigenvalue weighted by molar-refractivity contribution is -0.146. The smallest absolute Gasteiger partial charge is 0.321 e. The number of carbonyl (C=O) groups is 2. The van der Waals surface area contributed by atoms with Crippen molar-refractivity contribution in [3.63, 3.8) is 0 Å². The van der Waals surface area contributed by atoms with Crippen LogP contribution in [0.4, 0.5) is 0 Å². The lowest BCUT2D eigenvalue weighted by Crippen LogP contribution is -2.45. The van der Waals surface area contributed by atoms with Gasteiger partial charge in [-0.05, 0) is 0 Å². The molecule has 17 heavy (non-hydrogen) atoms. The van der Waals surface area contributed by atoms with Crippen LogP contribution in [-0.2, 0) is 24.2 Å². The van der Waals surface area contributed by atoms with Crippen molar-refractivity contribution in [2.75, 3.05) is 23.3 Å². The highest BCUT2D eigenvalue weighted by Crippen LogP contribution is 2.16. The molecule has 0 aromatic heterocycles. The number of alkyl halides is 2. The number of hydrogen-bond donors (Lipinski definition) is 1. The molecule has 0 aromatic rings. The minimum Gasteiger partial charge on any atom is -0.458 e. The first-order valence-corrected chi connectivity index (χ1v) is 7.58. The zero-order valence-electron chi connectivity index (χ0n) is 8.69. The Morgan fingerprint density at radius 3 is 2.41 bits per heavy atom. The van der Waals surface area contributed by atoms with Gasteiger partial charge < -0.3 is 10.1 Å². The highest BCUT2D eigenvalue weighted by atomic mass is 35.5. The van der Waals surface area contributed by atoms with Gasteiger partial charge in [-0.1, -0.05) is 0 Å². The lowest BCUT2D eigenvalue weighted by atomic mass is 10.2. The molecule has 0 saturated carbocycles. The molecule has 1 heterocycles. The summed E-state index contributed by atoms with van der Waals surface area (Å²) in [5.74, 6) is -2.47. The SMILES string of the molecule is O=C(CCl)NC1CS(=O)(=O)CC1OC(=O)CCl. The second-order valence-corrected chi connectivity index (χ2v) is 6.23. The molecule has 1 aliphatic heterocycles. The summed E-state index contributed by atoms with van der Waals surface area (Å²) in [5.41, 5.74) is 0. The number of rotatable bonds is 4. The van der Waals surface area contributed by atoms with E-state index in [0.717, 1.165) is 0 Å². The molecular formula is C8H11Cl2NO5S. The number of amides is 1. The first kappa shape index (κ1) is 14.5. The Morgan fingerprint density at radius 2 is 1.88 bits per heavy atom. The third-order valence-electron chi connectivity index (χ3n) is 2.16. The first-order valence-electron chi connectivity index (χ1n) is 4.69. The van der Waals surface area contributed by atoms with Crippen LogP contribution in [0.1, 0.15) is 0 Å². The molecule has 1 fully saturated rings. The van der Waals surface area contributed by atoms with Gasteiger partial charge in [-0.15, -0.1) is 23.2 Å². The van der Waals surface area contributed by atoms with Crippen molar-refractivity contribution < 1.29 is 22.7 Å². The molecule has 0 aromatic carbocycles. The fraction of sp³-hybridized carbons (Fsp3) is 0.750. The van der Waals surface area contributed by atoms with Crippen LogP contribution in [-0.4, -0.2) is 55.7 Å². The van der Waals surface area contributed by atoms with E-state index >= 15 is 0 Å². The number of halogens is 2. The number of nitrogens with one attached hydrogen (secondary N) is 1. The highest BCUT2D eigenvalue weighted by Gasteiger charge is 2.40. The summed E-state index contributed by atoms with van der Waals surface area (Å²) < 4.78 is 27.6. The Balaban J connectivity index is 2.71. The number of ether oxygens (including phenoxy) is 1. The van der Waals surface area contributed by atoms with Gasteiger partial charge >= 0.3 is 5.97 Å². The summed E-state index contributed by atoms with van der Waals surface area (Å²) in [4.78, 5) is 22.1. The third kappa shape index (κ3) is 4.33. The van der Waals surface area contributed by atoms with E-state index in [1.807, 2.05) is 0 Å². The predicted molar refractivity (Wildman–Crippen MR) is 61.9 cm³/mol. The number of carbonyl (C=O) groups excluding carboxylic acids is 2. The van der Waals surface area contributed by atoms with E-state index in [-0.39, 0.29) is 23.3 Å². The largest absolute Gasteiger partial charge is 0.458 e. The van der Waals surface area contributed by atoms with E-state index in [4.69, 9.17) is 27.9 Å². The zero-order valence-corrected chi connectivity index (χ0v) is 11.0. The Hall–Kier alpha value is -0.530. The van der Waals surface area contributed by atoms with Crippen LogP contribution in [0.3, 0.4) is 0 Å². The molecule has 0 bridgehead atoms. The average Bonchev–Trinajstić information content (AvgIpc) is 2.52. The number of esters is 1. The standard InChI is InChI=1S/C8H11Cl2NO5S/c9-1-7(12)11-5-3-17(14,15)4-6(5)16-8(13)2-10/h5-6H,1-4H2,(H,11,12). The quantitative estimate of drug-likeness (QED) is 0.547. The molecule has 98 valence electrons. The van der Waals surface area contributed by atoms with Gasteiger partial charge in [0.1, 0.15) is 17.9 Å². The minimum absolute atomic E-state index is 0.268. The average molecular weight is 304 g/mol. The molecule has 1 amide bonds. The molecule has 9 heteroatoms. The van der Waals surface area contributed by atoms with Gasteiger partial charge in [-0.25, -0.2) is 8.42 Å². The van der Waals surface area contributed by atoms with Gasteiger partial charge in [-0.2, -0.15) is 0 Å². The van der Waals surface area contributed by atoms with Gasteiger partial charge in [0.05, 0.1) is 17.5 Å². The number of hydrogen-bond acceptors (Lipinski definition) is 5. The van der Waals surface area contributed by atoms with E-state index in [0.29, 0.717) is 0 Å². The third-order valence-corrected chi connectivity index (χ3v) is 4.32. The first-order chi connectivity index (χ1) is 7.88. The monoisotopic (exact) mass is 303 g/mol. The van der Waals surface area contributed by atoms with Crippen molar-refractivity contribution >= 4 is 44.9 Å². The minimum atomic E-state index is -3.33. The summed E-state index contributed by atoms with van der Waals surface area (Å²) in [5, 5.41) is 2.39. The Bertz CT molecular complexity index is 378. The van der Waals surface area contributed by atoms with Crippen LogP contribution in [0.2, 0.25) is 0 Å². The fourth-order valence-electron chi connectivity index (χ4n) is 1.51. The summed E-state index contributed by atoms with van der Waals surface area (Å²) >= 11 is 10.5. The highest BCUT2D eigenvalue weighted by molar-refractivity contribution is 7.91. The molecule has 1 N–H and O–H groups in total. The van der Waals surface area contributed by atoms with Crippen LogP contribution in [0.15, 0.2) is 0 Å². The molecule has 1 aliphatic rings. The van der Waals surface area contributed by atoms with Gasteiger partial charge in [-0.3, -0.25) is 9.59 Å². The summed E-state index contributed by atoms with van der Waals surface area (Å²) in [6, 6.07) is -0.765. The van der Waals surface area contributed by atoms with Crippen molar-refractivity contribution in [3.05, 3.63) is 0 Å². The van der Waals surface area contributed by atoms with Crippen LogP contribution in [0.25, 0.3) is 0 Å². The van der Waals surface area contributed by atoms with Gasteiger partial charge in [0, 0.05) is 0 Å². The molecule has 0 radical (unpaired) electrons. The van der Waals surface area contributed by atoms with Crippen LogP contribution in [0.5, 0.6) is 0 Å². The summed E-state index contributed by atoms with van der Waals surface area (Å²) in [6.07, 6.45) is -0.904. The maximum Gasteiger partial charge on any atom is 0.321 e. The van der Waals surface area contributed by atoms with Crippen molar-refractivity contribution in [1.82, 2.24) is 5.32 Å². The van der Waals surface area contributed by atoms with Crippen LogP contribution in [0, 0.1) is 0 Å². The maximum atomic E-state index is 11.4. The second-order valence-electron chi connectivity index (χ2n) is 3.55. The fourth-order valence-corrected chi connectivity index (χ4v) is 3.43. The van der Waals surface area contributed by atoms with Crippen molar-refractivity contribution in [3.8, 4) is 0 Å². The summed E-state index contributed by atoms with van der Waals surface area (Å²) in [7, 11) is -3.33. The zero-order chi connectivity index (χ0) is 13.1. The Kier molecular flexibility index (Phi) is 5.03. The van der Waals surface area contributed by atoms with Crippen LogP contribution < -0.4 is 5.32 Å². The molecule has 1 saturated heterocycles. The molecule has 2 atom stereocenters. The number of sulfone groups is 1. The van der Waals surface area contributed by atoms with E-state index in [1.54, 1.807) is 0 Å². The molecule has 2 unspecified atom stereocenters.